The summed E-state index contributed by atoms with van der Waals surface area (Å²) >= 11 is 0. The second-order valence-electron chi connectivity index (χ2n) is 7.66. The molecule has 2 heterocycles. The zero-order chi connectivity index (χ0) is 20.9. The van der Waals surface area contributed by atoms with Gasteiger partial charge < -0.3 is 9.64 Å². The molecule has 4 rings (SSSR count). The first-order valence-electron chi connectivity index (χ1n) is 10.6. The number of fused-ring (bicyclic) bond motifs is 1. The van der Waals surface area contributed by atoms with E-state index in [0.29, 0.717) is 11.3 Å². The number of likely N-dealkylation sites (tertiary alicyclic amines) is 1. The number of nitrogens with zero attached hydrogens (tertiary/aromatic N) is 2. The highest BCUT2D eigenvalue weighted by Gasteiger charge is 2.26. The molecule has 0 bridgehead atoms. The quantitative estimate of drug-likeness (QED) is 0.573. The summed E-state index contributed by atoms with van der Waals surface area (Å²) in [5, 5.41) is 0.721. The van der Waals surface area contributed by atoms with E-state index in [1.54, 1.807) is 6.07 Å². The average Bonchev–Trinajstić information content (AvgIpc) is 2.82. The molecule has 1 aliphatic rings. The van der Waals surface area contributed by atoms with Crippen LogP contribution in [0.1, 0.15) is 43.0 Å². The van der Waals surface area contributed by atoms with Crippen LogP contribution in [0.15, 0.2) is 60.7 Å². The smallest absolute Gasteiger partial charge is 0.339 e. The predicted octanol–water partition coefficient (Wildman–Crippen LogP) is 4.85. The Labute approximate surface area is 176 Å². The van der Waals surface area contributed by atoms with Crippen LogP contribution < -0.4 is 0 Å². The lowest BCUT2D eigenvalue weighted by Crippen LogP contribution is -2.45. The Kier molecular flexibility index (Phi) is 6.07. The Morgan fingerprint density at radius 2 is 1.83 bits per heavy atom. The summed E-state index contributed by atoms with van der Waals surface area (Å²) in [5.74, 6) is -0.610. The number of benzene rings is 2. The van der Waals surface area contributed by atoms with Crippen LogP contribution in [-0.4, -0.2) is 41.0 Å². The van der Waals surface area contributed by atoms with Crippen molar-refractivity contribution in [3.63, 3.8) is 0 Å². The molecule has 0 spiro atoms. The summed E-state index contributed by atoms with van der Waals surface area (Å²) in [6, 6.07) is 19.2. The maximum atomic E-state index is 13.0. The zero-order valence-corrected chi connectivity index (χ0v) is 17.2. The van der Waals surface area contributed by atoms with E-state index in [1.807, 2.05) is 59.5 Å². The lowest BCUT2D eigenvalue weighted by atomic mass is 10.00. The number of amides is 1. The second-order valence-corrected chi connectivity index (χ2v) is 7.66. The summed E-state index contributed by atoms with van der Waals surface area (Å²) in [6.07, 6.45) is 4.10. The third-order valence-electron chi connectivity index (χ3n) is 5.75. The van der Waals surface area contributed by atoms with Crippen molar-refractivity contribution in [1.82, 2.24) is 9.88 Å². The summed E-state index contributed by atoms with van der Waals surface area (Å²) in [5.41, 5.74) is 2.78. The van der Waals surface area contributed by atoms with Crippen molar-refractivity contribution in [3.05, 3.63) is 66.2 Å². The molecular weight excluding hydrogens is 376 g/mol. The van der Waals surface area contributed by atoms with E-state index in [-0.39, 0.29) is 18.6 Å². The van der Waals surface area contributed by atoms with Crippen LogP contribution in [0, 0.1) is 0 Å². The largest absolute Gasteiger partial charge is 0.452 e. The molecule has 5 nitrogen and oxygen atoms in total. The van der Waals surface area contributed by atoms with Crippen LogP contribution in [0.2, 0.25) is 0 Å². The van der Waals surface area contributed by atoms with Gasteiger partial charge in [-0.15, -0.1) is 0 Å². The molecule has 0 N–H and O–H groups in total. The molecule has 30 heavy (non-hydrogen) atoms. The van der Waals surface area contributed by atoms with E-state index < -0.39 is 5.97 Å². The fraction of sp³-hybridized carbons (Fsp3) is 0.320. The Morgan fingerprint density at radius 3 is 2.63 bits per heavy atom. The van der Waals surface area contributed by atoms with Crippen LogP contribution in [-0.2, 0) is 9.53 Å². The predicted molar refractivity (Wildman–Crippen MR) is 117 cm³/mol. The van der Waals surface area contributed by atoms with Crippen LogP contribution in [0.3, 0.4) is 0 Å². The molecule has 0 unspecified atom stereocenters. The van der Waals surface area contributed by atoms with Gasteiger partial charge >= 0.3 is 5.97 Å². The van der Waals surface area contributed by atoms with Crippen LogP contribution in [0.5, 0.6) is 0 Å². The van der Waals surface area contributed by atoms with Crippen molar-refractivity contribution in [2.24, 2.45) is 0 Å². The third-order valence-corrected chi connectivity index (χ3v) is 5.75. The third kappa shape index (κ3) is 4.20. The Morgan fingerprint density at radius 1 is 1.07 bits per heavy atom. The monoisotopic (exact) mass is 402 g/mol. The van der Waals surface area contributed by atoms with Gasteiger partial charge in [-0.25, -0.2) is 9.78 Å². The number of pyridine rings is 1. The van der Waals surface area contributed by atoms with Crippen LogP contribution in [0.4, 0.5) is 0 Å². The molecule has 1 fully saturated rings. The van der Waals surface area contributed by atoms with Crippen LogP contribution >= 0.6 is 0 Å². The van der Waals surface area contributed by atoms with Gasteiger partial charge in [-0.2, -0.15) is 0 Å². The standard InChI is InChI=1S/C25H26N2O3/c1-2-19-12-8-9-15-27(19)24(28)17-30-25(29)21-16-23(18-10-4-3-5-11-18)26-22-14-7-6-13-20(21)22/h3-7,10-11,13-14,16,19H,2,8-9,12,15,17H2,1H3/t19-/m1/s1. The molecule has 1 saturated heterocycles. The molecule has 2 aromatic carbocycles. The number of hydrogen-bond donors (Lipinski definition) is 0. The van der Waals surface area contributed by atoms with Crippen molar-refractivity contribution in [1.29, 1.82) is 0 Å². The highest BCUT2D eigenvalue weighted by atomic mass is 16.5. The van der Waals surface area contributed by atoms with Gasteiger partial charge in [0.1, 0.15) is 0 Å². The van der Waals surface area contributed by atoms with Gasteiger partial charge in [-0.1, -0.05) is 55.5 Å². The van der Waals surface area contributed by atoms with Gasteiger partial charge in [0.2, 0.25) is 0 Å². The van der Waals surface area contributed by atoms with E-state index in [9.17, 15) is 9.59 Å². The maximum Gasteiger partial charge on any atom is 0.339 e. The molecule has 1 aromatic heterocycles. The number of para-hydroxylation sites is 1. The molecule has 1 amide bonds. The van der Waals surface area contributed by atoms with Gasteiger partial charge in [0, 0.05) is 23.5 Å². The van der Waals surface area contributed by atoms with Gasteiger partial charge in [-0.05, 0) is 37.8 Å². The van der Waals surface area contributed by atoms with Gasteiger partial charge in [0.05, 0.1) is 16.8 Å². The first kappa shape index (κ1) is 20.1. The van der Waals surface area contributed by atoms with Gasteiger partial charge in [0.15, 0.2) is 6.61 Å². The lowest BCUT2D eigenvalue weighted by molar-refractivity contribution is -0.138. The minimum atomic E-state index is -0.496. The molecule has 1 aliphatic heterocycles. The Bertz CT molecular complexity index is 1050. The summed E-state index contributed by atoms with van der Waals surface area (Å²) in [7, 11) is 0. The fourth-order valence-electron chi connectivity index (χ4n) is 4.14. The minimum Gasteiger partial charge on any atom is -0.452 e. The number of esters is 1. The number of hydrogen-bond acceptors (Lipinski definition) is 4. The molecular formula is C25H26N2O3. The molecule has 0 radical (unpaired) electrons. The van der Waals surface area contributed by atoms with E-state index in [1.165, 1.54) is 0 Å². The minimum absolute atomic E-state index is 0.114. The Balaban J connectivity index is 1.57. The van der Waals surface area contributed by atoms with Crippen molar-refractivity contribution >= 4 is 22.8 Å². The number of aromatic nitrogens is 1. The van der Waals surface area contributed by atoms with Crippen LogP contribution in [0.25, 0.3) is 22.2 Å². The molecule has 3 aromatic rings. The lowest BCUT2D eigenvalue weighted by Gasteiger charge is -2.35. The first-order valence-corrected chi connectivity index (χ1v) is 10.6. The topological polar surface area (TPSA) is 59.5 Å². The van der Waals surface area contributed by atoms with Crippen molar-refractivity contribution in [3.8, 4) is 11.3 Å². The fourth-order valence-corrected chi connectivity index (χ4v) is 4.14. The molecule has 154 valence electrons. The zero-order valence-electron chi connectivity index (χ0n) is 17.2. The number of carbonyl (C=O) groups is 2. The Hall–Kier alpha value is -3.21. The number of carbonyl (C=O) groups excluding carboxylic acids is 2. The normalized spacial score (nSPS) is 16.4. The molecule has 1 atom stereocenters. The van der Waals surface area contributed by atoms with Crippen molar-refractivity contribution in [2.75, 3.05) is 13.2 Å². The van der Waals surface area contributed by atoms with E-state index in [0.717, 1.165) is 48.7 Å². The number of piperidine rings is 1. The number of rotatable bonds is 5. The highest BCUT2D eigenvalue weighted by molar-refractivity contribution is 6.05. The SMILES string of the molecule is CC[C@@H]1CCCCN1C(=O)COC(=O)c1cc(-c2ccccc2)nc2ccccc12. The molecule has 0 saturated carbocycles. The molecule has 5 heteroatoms. The average molecular weight is 402 g/mol. The van der Waals surface area contributed by atoms with E-state index >= 15 is 0 Å². The highest BCUT2D eigenvalue weighted by Crippen LogP contribution is 2.25. The van der Waals surface area contributed by atoms with Crippen molar-refractivity contribution < 1.29 is 14.3 Å². The van der Waals surface area contributed by atoms with Gasteiger partial charge in [0.25, 0.3) is 5.91 Å². The maximum absolute atomic E-state index is 13.0. The summed E-state index contributed by atoms with van der Waals surface area (Å²) in [4.78, 5) is 32.2. The molecule has 0 aliphatic carbocycles. The van der Waals surface area contributed by atoms with E-state index in [4.69, 9.17) is 9.72 Å². The van der Waals surface area contributed by atoms with Crippen molar-refractivity contribution in [2.45, 2.75) is 38.6 Å². The first-order chi connectivity index (χ1) is 14.7. The summed E-state index contributed by atoms with van der Waals surface area (Å²) < 4.78 is 5.48. The summed E-state index contributed by atoms with van der Waals surface area (Å²) in [6.45, 7) is 2.61. The second kappa shape index (κ2) is 9.08. The number of ether oxygens (including phenoxy) is 1. The van der Waals surface area contributed by atoms with Gasteiger partial charge in [-0.3, -0.25) is 4.79 Å². The van der Waals surface area contributed by atoms with E-state index in [2.05, 4.69) is 6.92 Å².